The van der Waals surface area contributed by atoms with E-state index in [1.54, 1.807) is 0 Å². The summed E-state index contributed by atoms with van der Waals surface area (Å²) in [7, 11) is -3.20. The second kappa shape index (κ2) is 10.2. The SMILES string of the molecule is CC(C)(C)c1ccc(-c2c(C(=O)O)n(Cc3cccc(N4CCN(S(C)(=O)=O)CC4)c3)c3ccccc23)cc1. The van der Waals surface area contributed by atoms with Crippen molar-refractivity contribution in [2.45, 2.75) is 32.7 Å². The lowest BCUT2D eigenvalue weighted by Gasteiger charge is -2.35. The summed E-state index contributed by atoms with van der Waals surface area (Å²) in [6.07, 6.45) is 1.25. The molecule has 0 atom stereocenters. The molecule has 1 fully saturated rings. The highest BCUT2D eigenvalue weighted by Crippen LogP contribution is 2.37. The van der Waals surface area contributed by atoms with Crippen molar-refractivity contribution >= 4 is 32.6 Å². The van der Waals surface area contributed by atoms with Crippen molar-refractivity contribution in [3.63, 3.8) is 0 Å². The molecular formula is C31H35N3O4S. The van der Waals surface area contributed by atoms with E-state index in [2.05, 4.69) is 43.9 Å². The van der Waals surface area contributed by atoms with Crippen LogP contribution in [0.2, 0.25) is 0 Å². The fourth-order valence-corrected chi connectivity index (χ4v) is 6.26. The third kappa shape index (κ3) is 5.44. The molecule has 3 aromatic carbocycles. The molecule has 0 amide bonds. The molecule has 39 heavy (non-hydrogen) atoms. The first-order valence-electron chi connectivity index (χ1n) is 13.2. The molecule has 0 radical (unpaired) electrons. The average Bonchev–Trinajstić information content (AvgIpc) is 3.22. The third-order valence-electron chi connectivity index (χ3n) is 7.54. The van der Waals surface area contributed by atoms with Crippen molar-refractivity contribution in [3.05, 3.63) is 89.6 Å². The Balaban J connectivity index is 1.52. The number of para-hydroxylation sites is 1. The van der Waals surface area contributed by atoms with E-state index < -0.39 is 16.0 Å². The minimum Gasteiger partial charge on any atom is -0.477 e. The van der Waals surface area contributed by atoms with Crippen LogP contribution in [0.5, 0.6) is 0 Å². The number of piperazine rings is 1. The maximum atomic E-state index is 12.7. The van der Waals surface area contributed by atoms with Crippen molar-refractivity contribution in [2.24, 2.45) is 0 Å². The van der Waals surface area contributed by atoms with Crippen LogP contribution in [0, 0.1) is 0 Å². The van der Waals surface area contributed by atoms with Crippen LogP contribution in [0.1, 0.15) is 42.4 Å². The summed E-state index contributed by atoms with van der Waals surface area (Å²) in [4.78, 5) is 14.9. The monoisotopic (exact) mass is 545 g/mol. The minimum absolute atomic E-state index is 0.00458. The number of aromatic nitrogens is 1. The molecule has 1 saturated heterocycles. The summed E-state index contributed by atoms with van der Waals surface area (Å²) < 4.78 is 27.2. The Hall–Kier alpha value is -3.62. The zero-order valence-corrected chi connectivity index (χ0v) is 23.7. The molecule has 5 rings (SSSR count). The number of carboxylic acid groups (broad SMARTS) is 1. The molecule has 8 heteroatoms. The topological polar surface area (TPSA) is 82.8 Å². The zero-order chi connectivity index (χ0) is 27.9. The first-order valence-corrected chi connectivity index (χ1v) is 15.0. The molecule has 7 nitrogen and oxygen atoms in total. The van der Waals surface area contributed by atoms with E-state index in [4.69, 9.17) is 0 Å². The van der Waals surface area contributed by atoms with Gasteiger partial charge in [-0.3, -0.25) is 0 Å². The molecule has 204 valence electrons. The predicted molar refractivity (Wildman–Crippen MR) is 157 cm³/mol. The van der Waals surface area contributed by atoms with E-state index in [-0.39, 0.29) is 11.1 Å². The van der Waals surface area contributed by atoms with E-state index in [1.165, 1.54) is 16.1 Å². The Labute approximate surface area is 230 Å². The van der Waals surface area contributed by atoms with Crippen LogP contribution in [0.15, 0.2) is 72.8 Å². The lowest BCUT2D eigenvalue weighted by molar-refractivity contribution is 0.0687. The summed E-state index contributed by atoms with van der Waals surface area (Å²) >= 11 is 0. The predicted octanol–water partition coefficient (Wildman–Crippen LogP) is 5.43. The van der Waals surface area contributed by atoms with Gasteiger partial charge in [-0.2, -0.15) is 4.31 Å². The minimum atomic E-state index is -3.20. The van der Waals surface area contributed by atoms with Gasteiger partial charge in [0.05, 0.1) is 6.26 Å². The van der Waals surface area contributed by atoms with Crippen LogP contribution >= 0.6 is 0 Å². The van der Waals surface area contributed by atoms with E-state index in [9.17, 15) is 18.3 Å². The number of hydrogen-bond donors (Lipinski definition) is 1. The van der Waals surface area contributed by atoms with Crippen molar-refractivity contribution in [3.8, 4) is 11.1 Å². The Morgan fingerprint density at radius 3 is 2.18 bits per heavy atom. The first kappa shape index (κ1) is 27.0. The van der Waals surface area contributed by atoms with Crippen LogP contribution in [-0.4, -0.2) is 60.8 Å². The van der Waals surface area contributed by atoms with E-state index >= 15 is 0 Å². The summed E-state index contributed by atoms with van der Waals surface area (Å²) in [5.74, 6) is -0.964. The number of rotatable bonds is 6. The van der Waals surface area contributed by atoms with Gasteiger partial charge in [0.25, 0.3) is 0 Å². The molecule has 1 aliphatic rings. The van der Waals surface area contributed by atoms with Gasteiger partial charge in [0.2, 0.25) is 10.0 Å². The number of carbonyl (C=O) groups is 1. The largest absolute Gasteiger partial charge is 0.477 e. The van der Waals surface area contributed by atoms with Crippen LogP contribution in [0.25, 0.3) is 22.0 Å². The van der Waals surface area contributed by atoms with Gasteiger partial charge in [-0.05, 0) is 40.3 Å². The quantitative estimate of drug-likeness (QED) is 0.349. The molecular weight excluding hydrogens is 510 g/mol. The number of fused-ring (bicyclic) bond motifs is 1. The smallest absolute Gasteiger partial charge is 0.353 e. The van der Waals surface area contributed by atoms with E-state index in [0.717, 1.165) is 33.3 Å². The van der Waals surface area contributed by atoms with Crippen LogP contribution in [0.4, 0.5) is 5.69 Å². The summed E-state index contributed by atoms with van der Waals surface area (Å²) in [6, 6.07) is 24.1. The molecule has 0 aliphatic carbocycles. The number of sulfonamides is 1. The first-order chi connectivity index (χ1) is 18.4. The Bertz CT molecular complexity index is 1620. The maximum Gasteiger partial charge on any atom is 0.353 e. The number of hydrogen-bond acceptors (Lipinski definition) is 4. The average molecular weight is 546 g/mol. The van der Waals surface area contributed by atoms with Gasteiger partial charge in [0, 0.05) is 54.9 Å². The molecule has 0 bridgehead atoms. The highest BCUT2D eigenvalue weighted by Gasteiger charge is 2.26. The van der Waals surface area contributed by atoms with Crippen LogP contribution in [-0.2, 0) is 22.0 Å². The van der Waals surface area contributed by atoms with E-state index in [1.807, 2.05) is 59.2 Å². The highest BCUT2D eigenvalue weighted by molar-refractivity contribution is 7.88. The Morgan fingerprint density at radius 2 is 1.56 bits per heavy atom. The Morgan fingerprint density at radius 1 is 0.897 bits per heavy atom. The molecule has 4 aromatic rings. The lowest BCUT2D eigenvalue weighted by Crippen LogP contribution is -2.48. The van der Waals surface area contributed by atoms with Crippen LogP contribution in [0.3, 0.4) is 0 Å². The summed E-state index contributed by atoms with van der Waals surface area (Å²) in [6.45, 7) is 9.01. The second-order valence-corrected chi connectivity index (χ2v) is 13.3. The van der Waals surface area contributed by atoms with Gasteiger partial charge in [-0.15, -0.1) is 0 Å². The van der Waals surface area contributed by atoms with Crippen molar-refractivity contribution in [1.29, 1.82) is 0 Å². The summed E-state index contributed by atoms with van der Waals surface area (Å²) in [5.41, 5.74) is 5.94. The van der Waals surface area contributed by atoms with Gasteiger partial charge in [-0.1, -0.05) is 75.4 Å². The molecule has 0 unspecified atom stereocenters. The molecule has 1 N–H and O–H groups in total. The number of carboxylic acids is 1. The molecule has 2 heterocycles. The van der Waals surface area contributed by atoms with Crippen LogP contribution < -0.4 is 4.90 Å². The Kier molecular flexibility index (Phi) is 7.03. The zero-order valence-electron chi connectivity index (χ0n) is 22.9. The van der Waals surface area contributed by atoms with E-state index in [0.29, 0.717) is 32.7 Å². The number of anilines is 1. The summed E-state index contributed by atoms with van der Waals surface area (Å²) in [5, 5.41) is 11.3. The number of aromatic carboxylic acids is 1. The van der Waals surface area contributed by atoms with Crippen molar-refractivity contribution in [1.82, 2.24) is 8.87 Å². The molecule has 0 saturated carbocycles. The second-order valence-electron chi connectivity index (χ2n) is 11.3. The molecule has 1 aromatic heterocycles. The molecule has 1 aliphatic heterocycles. The van der Waals surface area contributed by atoms with Gasteiger partial charge < -0.3 is 14.6 Å². The highest BCUT2D eigenvalue weighted by atomic mass is 32.2. The van der Waals surface area contributed by atoms with Crippen molar-refractivity contribution < 1.29 is 18.3 Å². The van der Waals surface area contributed by atoms with Gasteiger partial charge >= 0.3 is 5.97 Å². The van der Waals surface area contributed by atoms with Crippen molar-refractivity contribution in [2.75, 3.05) is 37.3 Å². The molecule has 0 spiro atoms. The normalized spacial score (nSPS) is 15.1. The standard InChI is InChI=1S/C31H35N3O4S/c1-31(2,3)24-14-12-23(13-15-24)28-26-10-5-6-11-27(26)34(29(28)30(35)36)21-22-8-7-9-25(20-22)32-16-18-33(19-17-32)39(4,37)38/h5-15,20H,16-19,21H2,1-4H3,(H,35,36). The van der Waals surface area contributed by atoms with Gasteiger partial charge in [-0.25, -0.2) is 13.2 Å². The maximum absolute atomic E-state index is 12.7. The lowest BCUT2D eigenvalue weighted by atomic mass is 9.86. The number of benzene rings is 3. The van der Waals surface area contributed by atoms with Gasteiger partial charge in [0.1, 0.15) is 5.69 Å². The fourth-order valence-electron chi connectivity index (χ4n) is 5.43. The van der Waals surface area contributed by atoms with Gasteiger partial charge in [0.15, 0.2) is 0 Å². The third-order valence-corrected chi connectivity index (χ3v) is 8.84. The number of nitrogens with zero attached hydrogens (tertiary/aromatic N) is 3. The fraction of sp³-hybridized carbons (Fsp3) is 0.323.